The van der Waals surface area contributed by atoms with Crippen LogP contribution in [-0.2, 0) is 16.1 Å². The summed E-state index contributed by atoms with van der Waals surface area (Å²) < 4.78 is 9.27. The summed E-state index contributed by atoms with van der Waals surface area (Å²) in [5, 5.41) is 9.48. The van der Waals surface area contributed by atoms with Gasteiger partial charge in [0.05, 0.1) is 7.89 Å². The molecule has 0 heterocycles. The van der Waals surface area contributed by atoms with Gasteiger partial charge in [0, 0.05) is 42.5 Å². The molecular weight excluding hydrogens is 496 g/mol. The first-order chi connectivity index (χ1) is 18.7. The summed E-state index contributed by atoms with van der Waals surface area (Å²) in [5.41, 5.74) is 4.82. The number of rotatable bonds is 8. The predicted octanol–water partition coefficient (Wildman–Crippen LogP) is 7.14. The molecule has 2 aliphatic rings. The third-order valence-electron chi connectivity index (χ3n) is 7.85. The van der Waals surface area contributed by atoms with Crippen molar-refractivity contribution in [1.29, 1.82) is 0 Å². The summed E-state index contributed by atoms with van der Waals surface area (Å²) in [6.45, 7) is -1.05. The predicted molar refractivity (Wildman–Crippen MR) is 154 cm³/mol. The molecule has 5 nitrogen and oxygen atoms in total. The third-order valence-corrected chi connectivity index (χ3v) is 8.17. The van der Waals surface area contributed by atoms with Gasteiger partial charge in [0.25, 0.3) is 0 Å². The van der Waals surface area contributed by atoms with E-state index in [-0.39, 0.29) is 11.8 Å². The normalized spacial score (nSPS) is 21.3. The number of nitrogens with zero attached hydrogens (tertiary/aromatic N) is 2. The van der Waals surface area contributed by atoms with Crippen LogP contribution in [0.2, 0.25) is 5.02 Å². The minimum Gasteiger partial charge on any atom is -0.478 e. The number of carbonyl (C=O) groups excluding carboxylic acids is 1. The van der Waals surface area contributed by atoms with E-state index in [0.717, 1.165) is 42.2 Å². The summed E-state index contributed by atoms with van der Waals surface area (Å²) >= 11 is 6.79. The molecule has 3 aromatic rings. The zero-order valence-electron chi connectivity index (χ0n) is 22.7. The minimum atomic E-state index is -1.05. The van der Waals surface area contributed by atoms with Crippen LogP contribution >= 0.6 is 11.6 Å². The fraction of sp³-hybridized carbons (Fsp3) is 0.312. The minimum absolute atomic E-state index is 0.0546. The number of hydrogen-bond acceptors (Lipinski definition) is 3. The zero-order valence-corrected chi connectivity index (χ0v) is 22.4. The molecule has 0 saturated heterocycles. The number of amides is 1. The SMILES string of the molecule is [2H]C(c1ccc(-c2ccc(N(C)C)cc2)cc1Cl)N(C(=O)[C@@H]1C[C@@H]2CC[C@H]1C2)c1cccc(/C=C/C(=O)O)c1. The van der Waals surface area contributed by atoms with Crippen LogP contribution < -0.4 is 9.80 Å². The van der Waals surface area contributed by atoms with E-state index >= 15 is 0 Å². The van der Waals surface area contributed by atoms with Crippen LogP contribution in [0.4, 0.5) is 11.4 Å². The lowest BCUT2D eigenvalue weighted by Gasteiger charge is -2.30. The van der Waals surface area contributed by atoms with Gasteiger partial charge in [-0.25, -0.2) is 4.79 Å². The summed E-state index contributed by atoms with van der Waals surface area (Å²) in [6, 6.07) is 21.0. The van der Waals surface area contributed by atoms with E-state index in [2.05, 4.69) is 0 Å². The zero-order chi connectivity index (χ0) is 27.7. The number of carboxylic acids is 1. The standard InChI is InChI=1S/C32H33ClN2O3/c1-34(2)27-13-11-23(12-14-27)24-9-10-26(30(33)19-24)20-35(32(38)29-18-22-6-8-25(29)16-22)28-5-3-4-21(17-28)7-15-31(36)37/h3-5,7,9-15,17,19,22,25,29H,6,8,16,18,20H2,1-2H3,(H,36,37)/b15-7+/t22-,25+,29-/m1/s1/i20D/t20?,22-,25+,29-. The maximum absolute atomic E-state index is 14.1. The van der Waals surface area contributed by atoms with Gasteiger partial charge in [-0.2, -0.15) is 0 Å². The van der Waals surface area contributed by atoms with Gasteiger partial charge in [-0.15, -0.1) is 0 Å². The lowest BCUT2D eigenvalue weighted by Crippen LogP contribution is -2.38. The van der Waals surface area contributed by atoms with E-state index in [0.29, 0.717) is 33.7 Å². The molecule has 5 rings (SSSR count). The van der Waals surface area contributed by atoms with E-state index in [1.165, 1.54) is 12.5 Å². The van der Waals surface area contributed by atoms with Gasteiger partial charge in [0.2, 0.25) is 5.91 Å². The number of benzene rings is 3. The van der Waals surface area contributed by atoms with Crippen molar-refractivity contribution in [2.24, 2.45) is 17.8 Å². The topological polar surface area (TPSA) is 60.9 Å². The van der Waals surface area contributed by atoms with Crippen molar-refractivity contribution in [3.8, 4) is 11.1 Å². The number of fused-ring (bicyclic) bond motifs is 2. The molecule has 196 valence electrons. The van der Waals surface area contributed by atoms with Gasteiger partial charge < -0.3 is 14.9 Å². The molecule has 0 aliphatic heterocycles. The highest BCUT2D eigenvalue weighted by molar-refractivity contribution is 6.31. The van der Waals surface area contributed by atoms with E-state index in [9.17, 15) is 11.0 Å². The van der Waals surface area contributed by atoms with Gasteiger partial charge >= 0.3 is 5.97 Å². The van der Waals surface area contributed by atoms with Crippen LogP contribution in [0.1, 0.15) is 38.2 Å². The van der Waals surface area contributed by atoms with Crippen LogP contribution in [0.5, 0.6) is 0 Å². The second-order valence-corrected chi connectivity index (χ2v) is 11.0. The highest BCUT2D eigenvalue weighted by Crippen LogP contribution is 2.49. The van der Waals surface area contributed by atoms with Gasteiger partial charge in [-0.05, 0) is 89.8 Å². The molecule has 2 fully saturated rings. The Kier molecular flexibility index (Phi) is 7.19. The molecule has 38 heavy (non-hydrogen) atoms. The summed E-state index contributed by atoms with van der Waals surface area (Å²) in [5.74, 6) is -0.266. The Bertz CT molecular complexity index is 1400. The summed E-state index contributed by atoms with van der Waals surface area (Å²) in [7, 11) is 3.99. The number of hydrogen-bond donors (Lipinski definition) is 1. The van der Waals surface area contributed by atoms with E-state index in [1.54, 1.807) is 29.2 Å². The monoisotopic (exact) mass is 529 g/mol. The van der Waals surface area contributed by atoms with Crippen molar-refractivity contribution >= 4 is 40.9 Å². The molecule has 0 aromatic heterocycles. The van der Waals surface area contributed by atoms with Crippen molar-refractivity contribution < 1.29 is 16.1 Å². The van der Waals surface area contributed by atoms with Gasteiger partial charge in [0.1, 0.15) is 0 Å². The molecule has 0 radical (unpaired) electrons. The highest BCUT2D eigenvalue weighted by atomic mass is 35.5. The summed E-state index contributed by atoms with van der Waals surface area (Å²) in [6.07, 6.45) is 6.74. The van der Waals surface area contributed by atoms with Crippen LogP contribution in [0.15, 0.2) is 72.8 Å². The average Bonchev–Trinajstić information content (AvgIpc) is 3.56. The van der Waals surface area contributed by atoms with E-state index in [4.69, 9.17) is 16.7 Å². The van der Waals surface area contributed by atoms with Crippen LogP contribution in [0.3, 0.4) is 0 Å². The van der Waals surface area contributed by atoms with Gasteiger partial charge in [0.15, 0.2) is 0 Å². The Morgan fingerprint density at radius 1 is 1.00 bits per heavy atom. The molecule has 2 aliphatic carbocycles. The number of carbonyl (C=O) groups is 2. The Labute approximate surface area is 230 Å². The molecule has 2 saturated carbocycles. The average molecular weight is 530 g/mol. The molecular formula is C32H33ClN2O3. The first-order valence-electron chi connectivity index (χ1n) is 13.6. The summed E-state index contributed by atoms with van der Waals surface area (Å²) in [4.78, 5) is 28.7. The molecule has 1 amide bonds. The number of anilines is 2. The third kappa shape index (κ3) is 5.63. The van der Waals surface area contributed by atoms with Crippen LogP contribution in [0.25, 0.3) is 17.2 Å². The number of aliphatic carboxylic acids is 1. The Balaban J connectivity index is 1.49. The second-order valence-electron chi connectivity index (χ2n) is 10.6. The fourth-order valence-electron chi connectivity index (χ4n) is 5.84. The van der Waals surface area contributed by atoms with Crippen molar-refractivity contribution in [2.45, 2.75) is 32.2 Å². The first-order valence-corrected chi connectivity index (χ1v) is 13.4. The quantitative estimate of drug-likeness (QED) is 0.315. The van der Waals surface area contributed by atoms with Crippen LogP contribution in [0, 0.1) is 17.8 Å². The Hall–Kier alpha value is -3.57. The maximum Gasteiger partial charge on any atom is 0.328 e. The van der Waals surface area contributed by atoms with Crippen molar-refractivity contribution in [2.75, 3.05) is 23.9 Å². The molecule has 1 unspecified atom stereocenters. The second kappa shape index (κ2) is 11.0. The molecule has 3 aromatic carbocycles. The fourth-order valence-corrected chi connectivity index (χ4v) is 6.07. The van der Waals surface area contributed by atoms with Crippen molar-refractivity contribution in [1.82, 2.24) is 0 Å². The lowest BCUT2D eigenvalue weighted by molar-refractivity contribution is -0.131. The lowest BCUT2D eigenvalue weighted by atomic mass is 9.87. The van der Waals surface area contributed by atoms with Gasteiger partial charge in [-0.3, -0.25) is 4.79 Å². The molecule has 4 atom stereocenters. The van der Waals surface area contributed by atoms with E-state index < -0.39 is 12.5 Å². The van der Waals surface area contributed by atoms with Crippen molar-refractivity contribution in [3.05, 3.63) is 89.0 Å². The molecule has 1 N–H and O–H groups in total. The first kappa shape index (κ1) is 24.7. The molecule has 2 bridgehead atoms. The Morgan fingerprint density at radius 2 is 1.76 bits per heavy atom. The molecule has 6 heteroatoms. The van der Waals surface area contributed by atoms with E-state index in [1.807, 2.05) is 61.5 Å². The highest BCUT2D eigenvalue weighted by Gasteiger charge is 2.44. The maximum atomic E-state index is 14.1. The van der Waals surface area contributed by atoms with Crippen LogP contribution in [-0.4, -0.2) is 31.1 Å². The Morgan fingerprint density at radius 3 is 2.39 bits per heavy atom. The largest absolute Gasteiger partial charge is 0.478 e. The number of halogens is 1. The molecule has 0 spiro atoms. The van der Waals surface area contributed by atoms with Crippen molar-refractivity contribution in [3.63, 3.8) is 0 Å². The number of carboxylic acid groups (broad SMARTS) is 1. The smallest absolute Gasteiger partial charge is 0.328 e. The van der Waals surface area contributed by atoms with Gasteiger partial charge in [-0.1, -0.05) is 54.4 Å².